The number of rotatable bonds is 10. The van der Waals surface area contributed by atoms with Crippen LogP contribution in [0.5, 0.6) is 0 Å². The molecule has 45 heavy (non-hydrogen) atoms. The Hall–Kier alpha value is -3.55. The van der Waals surface area contributed by atoms with Crippen molar-refractivity contribution >= 4 is 40.4 Å². The standard InChI is InChI=1S/C31H46N6O6S.ClH/c1-8-43-31(39)36-14-12-35(13-15-36)30(38)37(33-19-23-10-9-11-24(16-23)29(32)34-40)44(41,42)28-26(21(4)5)17-25(20(2)3)18-27(28)22(6)7;/h9-11,16-18,20-22,33,40H,8,12-15,19H2,1-7H3,(H2,32,34);1H. The molecule has 0 aliphatic carbocycles. The van der Waals surface area contributed by atoms with E-state index >= 15 is 0 Å². The van der Waals surface area contributed by atoms with Gasteiger partial charge in [0.2, 0.25) is 0 Å². The molecular formula is C31H47ClN6O6S. The Morgan fingerprint density at radius 1 is 0.978 bits per heavy atom. The largest absolute Gasteiger partial charge is 0.450 e. The molecule has 4 N–H and O–H groups in total. The van der Waals surface area contributed by atoms with Crippen LogP contribution in [0.25, 0.3) is 0 Å². The number of ether oxygens (including phenoxy) is 1. The predicted octanol–water partition coefficient (Wildman–Crippen LogP) is 5.16. The summed E-state index contributed by atoms with van der Waals surface area (Å²) in [7, 11) is -4.45. The van der Waals surface area contributed by atoms with E-state index in [0.29, 0.717) is 22.3 Å². The zero-order valence-electron chi connectivity index (χ0n) is 27.1. The molecule has 1 heterocycles. The quantitative estimate of drug-likeness (QED) is 0.136. The molecule has 0 aromatic heterocycles. The number of urea groups is 1. The number of hydrogen-bond donors (Lipinski definition) is 3. The molecule has 3 amide bonds. The van der Waals surface area contributed by atoms with Crippen molar-refractivity contribution in [2.45, 2.75) is 77.7 Å². The van der Waals surface area contributed by atoms with Gasteiger partial charge < -0.3 is 25.5 Å². The van der Waals surface area contributed by atoms with Crippen LogP contribution >= 0.6 is 12.4 Å². The molecule has 2 aromatic carbocycles. The Morgan fingerprint density at radius 3 is 2.02 bits per heavy atom. The third kappa shape index (κ3) is 8.80. The van der Waals surface area contributed by atoms with Crippen LogP contribution < -0.4 is 11.2 Å². The van der Waals surface area contributed by atoms with Crippen molar-refractivity contribution in [3.05, 3.63) is 64.2 Å². The summed E-state index contributed by atoms with van der Waals surface area (Å²) < 4.78 is 35.2. The minimum atomic E-state index is -4.45. The minimum Gasteiger partial charge on any atom is -0.450 e. The van der Waals surface area contributed by atoms with Crippen LogP contribution in [-0.4, -0.2) is 78.6 Å². The SMILES string of the molecule is CCOC(=O)N1CCN(C(=O)N(NCc2cccc(/C(N)=N/O)c2)S(=O)(=O)c2c(C(C)C)cc(C(C)C)cc2C(C)C)CC1.Cl. The topological polar surface area (TPSA) is 158 Å². The average molecular weight is 667 g/mol. The molecule has 0 saturated carbocycles. The zero-order valence-corrected chi connectivity index (χ0v) is 28.7. The normalized spacial score (nSPS) is 14.1. The van der Waals surface area contributed by atoms with Gasteiger partial charge in [-0.15, -0.1) is 16.8 Å². The van der Waals surface area contributed by atoms with E-state index in [2.05, 4.69) is 24.4 Å². The Labute approximate surface area is 273 Å². The fourth-order valence-electron chi connectivity index (χ4n) is 5.02. The first-order valence-electron chi connectivity index (χ1n) is 15.0. The Bertz CT molecular complexity index is 1440. The second kappa shape index (κ2) is 16.1. The van der Waals surface area contributed by atoms with E-state index < -0.39 is 22.1 Å². The van der Waals surface area contributed by atoms with Gasteiger partial charge in [-0.2, -0.15) is 8.42 Å². The van der Waals surface area contributed by atoms with Gasteiger partial charge in [0.15, 0.2) is 5.84 Å². The van der Waals surface area contributed by atoms with Crippen LogP contribution in [0.15, 0.2) is 46.4 Å². The van der Waals surface area contributed by atoms with Crippen LogP contribution in [0.2, 0.25) is 0 Å². The van der Waals surface area contributed by atoms with Crippen LogP contribution in [0.4, 0.5) is 9.59 Å². The first-order chi connectivity index (χ1) is 20.7. The number of halogens is 1. The Balaban J connectivity index is 0.00000705. The fraction of sp³-hybridized carbons (Fsp3) is 0.516. The number of benzene rings is 2. The summed E-state index contributed by atoms with van der Waals surface area (Å²) in [5.74, 6) is -0.201. The van der Waals surface area contributed by atoms with Gasteiger partial charge in [0.25, 0.3) is 10.0 Å². The highest BCUT2D eigenvalue weighted by Crippen LogP contribution is 2.36. The summed E-state index contributed by atoms with van der Waals surface area (Å²) in [5.41, 5.74) is 12.0. The second-order valence-electron chi connectivity index (χ2n) is 11.7. The first kappa shape index (κ1) is 37.6. The van der Waals surface area contributed by atoms with Gasteiger partial charge in [0.05, 0.1) is 11.5 Å². The van der Waals surface area contributed by atoms with Crippen molar-refractivity contribution in [1.82, 2.24) is 19.6 Å². The lowest BCUT2D eigenvalue weighted by atomic mass is 9.89. The number of amides is 3. The molecule has 0 spiro atoms. The van der Waals surface area contributed by atoms with E-state index in [1.165, 1.54) is 9.80 Å². The smallest absolute Gasteiger partial charge is 0.409 e. The fourth-order valence-corrected chi connectivity index (χ4v) is 6.94. The van der Waals surface area contributed by atoms with Gasteiger partial charge in [0.1, 0.15) is 0 Å². The highest BCUT2D eigenvalue weighted by Gasteiger charge is 2.38. The number of oxime groups is 1. The number of hydrazine groups is 1. The zero-order chi connectivity index (χ0) is 32.8. The summed E-state index contributed by atoms with van der Waals surface area (Å²) in [5, 5.41) is 12.1. The van der Waals surface area contributed by atoms with Crippen LogP contribution in [0.1, 0.15) is 94.0 Å². The third-order valence-corrected chi connectivity index (χ3v) is 9.34. The summed E-state index contributed by atoms with van der Waals surface area (Å²) in [4.78, 5) is 29.4. The molecule has 1 aliphatic heterocycles. The molecule has 0 radical (unpaired) electrons. The minimum absolute atomic E-state index is 0. The molecule has 1 fully saturated rings. The van der Waals surface area contributed by atoms with E-state index in [0.717, 1.165) is 9.98 Å². The maximum absolute atomic E-state index is 14.7. The van der Waals surface area contributed by atoms with Gasteiger partial charge in [-0.25, -0.2) is 15.0 Å². The molecule has 12 nitrogen and oxygen atoms in total. The molecule has 2 aromatic rings. The molecule has 0 unspecified atom stereocenters. The molecular weight excluding hydrogens is 620 g/mol. The van der Waals surface area contributed by atoms with Crippen LogP contribution in [-0.2, 0) is 21.3 Å². The van der Waals surface area contributed by atoms with Crippen molar-refractivity contribution < 1.29 is 28.0 Å². The van der Waals surface area contributed by atoms with Gasteiger partial charge >= 0.3 is 12.1 Å². The van der Waals surface area contributed by atoms with E-state index in [1.54, 1.807) is 31.2 Å². The van der Waals surface area contributed by atoms with Crippen molar-refractivity contribution in [3.63, 3.8) is 0 Å². The van der Waals surface area contributed by atoms with E-state index in [9.17, 15) is 18.0 Å². The number of nitrogens with one attached hydrogen (secondary N) is 1. The highest BCUT2D eigenvalue weighted by atomic mass is 35.5. The molecule has 250 valence electrons. The van der Waals surface area contributed by atoms with Crippen LogP contribution in [0.3, 0.4) is 0 Å². The average Bonchev–Trinajstić information content (AvgIpc) is 3.00. The second-order valence-corrected chi connectivity index (χ2v) is 13.5. The summed E-state index contributed by atoms with van der Waals surface area (Å²) in [6, 6.07) is 9.83. The first-order valence-corrected chi connectivity index (χ1v) is 16.4. The summed E-state index contributed by atoms with van der Waals surface area (Å²) in [6.45, 7) is 14.5. The third-order valence-electron chi connectivity index (χ3n) is 7.58. The Kier molecular flexibility index (Phi) is 13.5. The van der Waals surface area contributed by atoms with Gasteiger partial charge in [-0.1, -0.05) is 77.0 Å². The molecule has 0 atom stereocenters. The summed E-state index contributed by atoms with van der Waals surface area (Å²) in [6.07, 6.45) is -0.471. The van der Waals surface area contributed by atoms with Gasteiger partial charge in [-0.05, 0) is 53.0 Å². The van der Waals surface area contributed by atoms with Crippen molar-refractivity contribution in [2.24, 2.45) is 10.9 Å². The molecule has 14 heteroatoms. The molecule has 1 aliphatic rings. The monoisotopic (exact) mass is 666 g/mol. The number of carbonyl (C=O) groups excluding carboxylic acids is 2. The number of piperazine rings is 1. The number of hydrogen-bond acceptors (Lipinski definition) is 8. The lowest BCUT2D eigenvalue weighted by molar-refractivity contribution is 0.0806. The van der Waals surface area contributed by atoms with E-state index in [1.807, 2.05) is 39.8 Å². The molecule has 0 bridgehead atoms. The van der Waals surface area contributed by atoms with Crippen LogP contribution in [0, 0.1) is 0 Å². The van der Waals surface area contributed by atoms with E-state index in [4.69, 9.17) is 15.7 Å². The van der Waals surface area contributed by atoms with Crippen molar-refractivity contribution in [3.8, 4) is 0 Å². The predicted molar refractivity (Wildman–Crippen MR) is 176 cm³/mol. The van der Waals surface area contributed by atoms with Crippen molar-refractivity contribution in [1.29, 1.82) is 0 Å². The molecule has 1 saturated heterocycles. The lowest BCUT2D eigenvalue weighted by Gasteiger charge is -2.37. The maximum atomic E-state index is 14.7. The number of nitrogens with two attached hydrogens (primary N) is 1. The summed E-state index contributed by atoms with van der Waals surface area (Å²) >= 11 is 0. The van der Waals surface area contributed by atoms with Gasteiger partial charge in [0, 0.05) is 38.3 Å². The number of sulfonamides is 1. The molecule has 3 rings (SSSR count). The van der Waals surface area contributed by atoms with E-state index in [-0.39, 0.29) is 80.2 Å². The Morgan fingerprint density at radius 2 is 1.53 bits per heavy atom. The lowest BCUT2D eigenvalue weighted by Crippen LogP contribution is -2.58. The highest BCUT2D eigenvalue weighted by molar-refractivity contribution is 7.89. The number of carbonyl (C=O) groups is 2. The number of nitrogens with zero attached hydrogens (tertiary/aromatic N) is 4. The number of amidine groups is 1. The maximum Gasteiger partial charge on any atom is 0.409 e. The van der Waals surface area contributed by atoms with Gasteiger partial charge in [-0.3, -0.25) is 0 Å². The van der Waals surface area contributed by atoms with Crippen molar-refractivity contribution in [2.75, 3.05) is 32.8 Å².